The quantitative estimate of drug-likeness (QED) is 0.762. The van der Waals surface area contributed by atoms with Gasteiger partial charge in [0.2, 0.25) is 10.0 Å². The fourth-order valence-electron chi connectivity index (χ4n) is 1.97. The average Bonchev–Trinajstić information content (AvgIpc) is 2.46. The van der Waals surface area contributed by atoms with Crippen LogP contribution >= 0.6 is 0 Å². The topological polar surface area (TPSA) is 49.4 Å². The Balaban J connectivity index is 2.97. The summed E-state index contributed by atoms with van der Waals surface area (Å²) in [7, 11) is -3.33. The third kappa shape index (κ3) is 4.49. The Kier molecular flexibility index (Phi) is 7.02. The second kappa shape index (κ2) is 8.27. The van der Waals surface area contributed by atoms with Crippen molar-refractivity contribution >= 4 is 15.7 Å². The van der Waals surface area contributed by atoms with Crippen LogP contribution in [0.2, 0.25) is 0 Å². The molecule has 5 heteroatoms. The van der Waals surface area contributed by atoms with E-state index in [9.17, 15) is 8.42 Å². The van der Waals surface area contributed by atoms with Crippen molar-refractivity contribution < 1.29 is 8.42 Å². The number of hydrogen-bond donors (Lipinski definition) is 1. The minimum absolute atomic E-state index is 0.431. The van der Waals surface area contributed by atoms with E-state index in [0.29, 0.717) is 13.1 Å². The number of nitrogens with one attached hydrogen (secondary N) is 1. The lowest BCUT2D eigenvalue weighted by Crippen LogP contribution is -2.42. The molecule has 1 rings (SSSR count). The smallest absolute Gasteiger partial charge is 0.239 e. The number of nitrogens with zero attached hydrogens (tertiary/aromatic N) is 1. The van der Waals surface area contributed by atoms with Gasteiger partial charge in [-0.2, -0.15) is 0 Å². The van der Waals surface area contributed by atoms with Gasteiger partial charge < -0.3 is 5.32 Å². The molecule has 0 bridgehead atoms. The largest absolute Gasteiger partial charge is 0.316 e. The molecule has 1 aromatic carbocycles. The van der Waals surface area contributed by atoms with Gasteiger partial charge in [-0.1, -0.05) is 38.5 Å². The summed E-state index contributed by atoms with van der Waals surface area (Å²) in [6.07, 6.45) is 1.84. The molecule has 0 saturated heterocycles. The van der Waals surface area contributed by atoms with Crippen LogP contribution in [0, 0.1) is 0 Å². The van der Waals surface area contributed by atoms with Crippen molar-refractivity contribution in [1.82, 2.24) is 5.32 Å². The molecule has 4 nitrogen and oxygen atoms in total. The summed E-state index contributed by atoms with van der Waals surface area (Å²) < 4.78 is 27.0. The minimum atomic E-state index is -3.33. The first-order chi connectivity index (χ1) is 9.54. The first-order valence-corrected chi connectivity index (χ1v) is 8.81. The van der Waals surface area contributed by atoms with Gasteiger partial charge in [0.25, 0.3) is 0 Å². The van der Waals surface area contributed by atoms with Gasteiger partial charge in [-0.15, -0.1) is 0 Å². The van der Waals surface area contributed by atoms with Gasteiger partial charge in [0.05, 0.1) is 10.9 Å². The molecule has 20 heavy (non-hydrogen) atoms. The molecule has 114 valence electrons. The molecule has 0 saturated carbocycles. The highest BCUT2D eigenvalue weighted by Gasteiger charge is 2.28. The van der Waals surface area contributed by atoms with Crippen molar-refractivity contribution in [2.75, 3.05) is 23.9 Å². The number of para-hydroxylation sites is 1. The molecule has 0 heterocycles. The standard InChI is InChI=1S/C15H26N2O2S/c1-4-6-12-17(15-10-8-7-9-11-15)20(18,19)14(3)13-16-5-2/h7-11,14,16H,4-6,12-13H2,1-3H3. The van der Waals surface area contributed by atoms with Crippen LogP contribution in [0.5, 0.6) is 0 Å². The summed E-state index contributed by atoms with van der Waals surface area (Å²) in [6.45, 7) is 7.61. The molecule has 1 N–H and O–H groups in total. The van der Waals surface area contributed by atoms with Crippen molar-refractivity contribution in [3.05, 3.63) is 30.3 Å². The van der Waals surface area contributed by atoms with Crippen molar-refractivity contribution in [3.8, 4) is 0 Å². The Labute approximate surface area is 123 Å². The van der Waals surface area contributed by atoms with Crippen molar-refractivity contribution in [1.29, 1.82) is 0 Å². The fraction of sp³-hybridized carbons (Fsp3) is 0.600. The molecular formula is C15H26N2O2S. The van der Waals surface area contributed by atoms with Crippen LogP contribution in [0.15, 0.2) is 30.3 Å². The van der Waals surface area contributed by atoms with E-state index in [4.69, 9.17) is 0 Å². The van der Waals surface area contributed by atoms with Gasteiger partial charge in [-0.3, -0.25) is 4.31 Å². The van der Waals surface area contributed by atoms with E-state index < -0.39 is 15.3 Å². The molecule has 0 radical (unpaired) electrons. The van der Waals surface area contributed by atoms with Gasteiger partial charge in [-0.05, 0) is 32.0 Å². The Morgan fingerprint density at radius 1 is 1.20 bits per heavy atom. The third-order valence-corrected chi connectivity index (χ3v) is 5.45. The first kappa shape index (κ1) is 17.0. The maximum atomic E-state index is 12.7. The number of rotatable bonds is 9. The van der Waals surface area contributed by atoms with E-state index in [1.807, 2.05) is 37.3 Å². The van der Waals surface area contributed by atoms with Crippen LogP contribution in [0.1, 0.15) is 33.6 Å². The second-order valence-electron chi connectivity index (χ2n) is 4.92. The van der Waals surface area contributed by atoms with Gasteiger partial charge in [-0.25, -0.2) is 8.42 Å². The molecule has 1 atom stereocenters. The number of unbranched alkanes of at least 4 members (excludes halogenated alkanes) is 1. The number of benzene rings is 1. The molecule has 0 aliphatic carbocycles. The zero-order chi connectivity index (χ0) is 15.0. The highest BCUT2D eigenvalue weighted by Crippen LogP contribution is 2.21. The van der Waals surface area contributed by atoms with Crippen molar-refractivity contribution in [2.45, 2.75) is 38.9 Å². The summed E-state index contributed by atoms with van der Waals surface area (Å²) in [5, 5.41) is 2.68. The summed E-state index contributed by atoms with van der Waals surface area (Å²) >= 11 is 0. The van der Waals surface area contributed by atoms with Crippen LogP contribution < -0.4 is 9.62 Å². The van der Waals surface area contributed by atoms with Gasteiger partial charge >= 0.3 is 0 Å². The van der Waals surface area contributed by atoms with E-state index in [2.05, 4.69) is 12.2 Å². The number of hydrogen-bond acceptors (Lipinski definition) is 3. The maximum absolute atomic E-state index is 12.7. The Bertz CT molecular complexity index is 474. The zero-order valence-corrected chi connectivity index (χ0v) is 13.5. The van der Waals surface area contributed by atoms with E-state index in [0.717, 1.165) is 25.1 Å². The summed E-state index contributed by atoms with van der Waals surface area (Å²) in [5.41, 5.74) is 0.754. The number of anilines is 1. The maximum Gasteiger partial charge on any atom is 0.239 e. The van der Waals surface area contributed by atoms with Crippen molar-refractivity contribution in [2.24, 2.45) is 0 Å². The van der Waals surface area contributed by atoms with Crippen LogP contribution in [-0.2, 0) is 10.0 Å². The summed E-state index contributed by atoms with van der Waals surface area (Å²) in [4.78, 5) is 0. The predicted octanol–water partition coefficient (Wildman–Crippen LogP) is 2.62. The summed E-state index contributed by atoms with van der Waals surface area (Å²) in [6, 6.07) is 9.36. The Morgan fingerprint density at radius 3 is 2.40 bits per heavy atom. The van der Waals surface area contributed by atoms with E-state index in [1.165, 1.54) is 0 Å². The summed E-state index contributed by atoms with van der Waals surface area (Å²) in [5.74, 6) is 0. The second-order valence-corrected chi connectivity index (χ2v) is 7.20. The molecule has 0 amide bonds. The highest BCUT2D eigenvalue weighted by molar-refractivity contribution is 7.93. The van der Waals surface area contributed by atoms with E-state index >= 15 is 0 Å². The van der Waals surface area contributed by atoms with Crippen LogP contribution in [0.3, 0.4) is 0 Å². The average molecular weight is 298 g/mol. The third-order valence-electron chi connectivity index (χ3n) is 3.26. The normalized spacial score (nSPS) is 13.2. The van der Waals surface area contributed by atoms with Gasteiger partial charge in [0.15, 0.2) is 0 Å². The van der Waals surface area contributed by atoms with Crippen LogP contribution in [0.4, 0.5) is 5.69 Å². The minimum Gasteiger partial charge on any atom is -0.316 e. The van der Waals surface area contributed by atoms with Gasteiger partial charge in [0, 0.05) is 13.1 Å². The molecule has 0 aromatic heterocycles. The fourth-order valence-corrected chi connectivity index (χ4v) is 3.53. The molecule has 0 fully saturated rings. The predicted molar refractivity (Wildman–Crippen MR) is 85.6 cm³/mol. The molecule has 1 unspecified atom stereocenters. The SMILES string of the molecule is CCCCN(c1ccccc1)S(=O)(=O)C(C)CNCC. The number of sulfonamides is 1. The Morgan fingerprint density at radius 2 is 1.85 bits per heavy atom. The lowest BCUT2D eigenvalue weighted by Gasteiger charge is -2.28. The molecule has 0 spiro atoms. The zero-order valence-electron chi connectivity index (χ0n) is 12.7. The molecule has 0 aliphatic rings. The van der Waals surface area contributed by atoms with Crippen LogP contribution in [-0.4, -0.2) is 33.3 Å². The van der Waals surface area contributed by atoms with Crippen molar-refractivity contribution in [3.63, 3.8) is 0 Å². The van der Waals surface area contributed by atoms with E-state index in [-0.39, 0.29) is 0 Å². The Hall–Kier alpha value is -1.07. The first-order valence-electron chi connectivity index (χ1n) is 7.31. The van der Waals surface area contributed by atoms with E-state index in [1.54, 1.807) is 11.2 Å². The molecule has 0 aliphatic heterocycles. The van der Waals surface area contributed by atoms with Crippen LogP contribution in [0.25, 0.3) is 0 Å². The highest BCUT2D eigenvalue weighted by atomic mass is 32.2. The molecular weight excluding hydrogens is 272 g/mol. The van der Waals surface area contributed by atoms with Gasteiger partial charge in [0.1, 0.15) is 0 Å². The molecule has 1 aromatic rings. The monoisotopic (exact) mass is 298 g/mol. The lowest BCUT2D eigenvalue weighted by atomic mass is 10.3. The lowest BCUT2D eigenvalue weighted by molar-refractivity contribution is 0.567.